The molecule has 0 aromatic carbocycles. The third-order valence-corrected chi connectivity index (χ3v) is 5.33. The first kappa shape index (κ1) is 16.2. The van der Waals surface area contributed by atoms with Gasteiger partial charge in [0.2, 0.25) is 11.9 Å². The molecule has 1 aromatic heterocycles. The van der Waals surface area contributed by atoms with Crippen LogP contribution in [0.5, 0.6) is 0 Å². The number of rotatable bonds is 3. The van der Waals surface area contributed by atoms with Gasteiger partial charge in [0.25, 0.3) is 0 Å². The molecule has 0 N–H and O–H groups in total. The van der Waals surface area contributed by atoms with E-state index in [4.69, 9.17) is 0 Å². The van der Waals surface area contributed by atoms with E-state index in [1.165, 1.54) is 6.42 Å². The van der Waals surface area contributed by atoms with E-state index in [1.54, 1.807) is 12.4 Å². The Balaban J connectivity index is 1.63. The van der Waals surface area contributed by atoms with E-state index in [1.807, 2.05) is 6.07 Å². The molecule has 2 aliphatic heterocycles. The van der Waals surface area contributed by atoms with Gasteiger partial charge in [-0.1, -0.05) is 6.42 Å². The van der Waals surface area contributed by atoms with Crippen molar-refractivity contribution < 1.29 is 4.79 Å². The minimum absolute atomic E-state index is 0.221. The number of piperidine rings is 1. The first-order chi connectivity index (χ1) is 11.2. The highest BCUT2D eigenvalue weighted by atomic mass is 16.2. The zero-order valence-electron chi connectivity index (χ0n) is 14.3. The van der Waals surface area contributed by atoms with E-state index in [9.17, 15) is 4.79 Å². The van der Waals surface area contributed by atoms with Gasteiger partial charge in [-0.2, -0.15) is 0 Å². The summed E-state index contributed by atoms with van der Waals surface area (Å²) in [5, 5.41) is 0. The quantitative estimate of drug-likeness (QED) is 0.860. The van der Waals surface area contributed by atoms with Crippen molar-refractivity contribution >= 4 is 11.9 Å². The lowest BCUT2D eigenvalue weighted by Crippen LogP contribution is -2.45. The van der Waals surface area contributed by atoms with Crippen molar-refractivity contribution in [2.24, 2.45) is 11.8 Å². The Kier molecular flexibility index (Phi) is 5.13. The summed E-state index contributed by atoms with van der Waals surface area (Å²) in [4.78, 5) is 26.0. The Morgan fingerprint density at radius 2 is 1.74 bits per heavy atom. The molecule has 3 heterocycles. The van der Waals surface area contributed by atoms with Gasteiger partial charge in [-0.3, -0.25) is 4.79 Å². The van der Waals surface area contributed by atoms with E-state index in [-0.39, 0.29) is 5.92 Å². The second-order valence-electron chi connectivity index (χ2n) is 7.10. The Morgan fingerprint density at radius 1 is 1.04 bits per heavy atom. The summed E-state index contributed by atoms with van der Waals surface area (Å²) in [7, 11) is 0. The highest BCUT2D eigenvalue weighted by molar-refractivity contribution is 5.79. The van der Waals surface area contributed by atoms with Gasteiger partial charge in [0.1, 0.15) is 0 Å². The predicted octanol–water partition coefficient (Wildman–Crippen LogP) is 2.73. The molecule has 0 aliphatic carbocycles. The largest absolute Gasteiger partial charge is 0.341 e. The maximum atomic E-state index is 12.9. The van der Waals surface area contributed by atoms with Gasteiger partial charge in [-0.15, -0.1) is 0 Å². The van der Waals surface area contributed by atoms with Crippen molar-refractivity contribution in [2.75, 3.05) is 24.5 Å². The summed E-state index contributed by atoms with van der Waals surface area (Å²) in [6, 6.07) is 2.17. The van der Waals surface area contributed by atoms with Crippen LogP contribution in [0.4, 0.5) is 5.95 Å². The number of nitrogens with zero attached hydrogens (tertiary/aromatic N) is 4. The molecule has 0 saturated carbocycles. The SMILES string of the molecule is CC(C)N1CCCCC(C2CCN(c3ncccn3)CC2)C1=O. The Bertz CT molecular complexity index is 511. The van der Waals surface area contributed by atoms with Gasteiger partial charge in [-0.05, 0) is 51.5 Å². The third-order valence-electron chi connectivity index (χ3n) is 5.33. The topological polar surface area (TPSA) is 49.3 Å². The lowest BCUT2D eigenvalue weighted by atomic mass is 9.81. The van der Waals surface area contributed by atoms with Crippen LogP contribution in [0, 0.1) is 11.8 Å². The summed E-state index contributed by atoms with van der Waals surface area (Å²) in [6.07, 6.45) is 9.13. The highest BCUT2D eigenvalue weighted by Crippen LogP contribution is 2.33. The van der Waals surface area contributed by atoms with Gasteiger partial charge < -0.3 is 9.80 Å². The third kappa shape index (κ3) is 3.65. The van der Waals surface area contributed by atoms with Crippen molar-refractivity contribution in [1.29, 1.82) is 0 Å². The Morgan fingerprint density at radius 3 is 2.39 bits per heavy atom. The Labute approximate surface area is 139 Å². The first-order valence-corrected chi connectivity index (χ1v) is 8.99. The summed E-state index contributed by atoms with van der Waals surface area (Å²) in [6.45, 7) is 7.12. The smallest absolute Gasteiger partial charge is 0.226 e. The fourth-order valence-corrected chi connectivity index (χ4v) is 4.00. The second-order valence-corrected chi connectivity index (χ2v) is 7.10. The maximum Gasteiger partial charge on any atom is 0.226 e. The lowest BCUT2D eigenvalue weighted by molar-refractivity contribution is -0.138. The average molecular weight is 316 g/mol. The molecule has 2 aliphatic rings. The van der Waals surface area contributed by atoms with Gasteiger partial charge in [0, 0.05) is 44.0 Å². The van der Waals surface area contributed by atoms with Crippen LogP contribution >= 0.6 is 0 Å². The minimum atomic E-state index is 0.221. The maximum absolute atomic E-state index is 12.9. The molecule has 1 aromatic rings. The molecule has 5 nitrogen and oxygen atoms in total. The van der Waals surface area contributed by atoms with Crippen molar-refractivity contribution in [3.05, 3.63) is 18.5 Å². The van der Waals surface area contributed by atoms with Crippen LogP contribution in [-0.2, 0) is 4.79 Å². The molecule has 1 atom stereocenters. The van der Waals surface area contributed by atoms with Crippen LogP contribution in [0.1, 0.15) is 46.0 Å². The molecular formula is C18H28N4O. The number of likely N-dealkylation sites (tertiary alicyclic amines) is 1. The predicted molar refractivity (Wildman–Crippen MR) is 91.2 cm³/mol. The number of carbonyl (C=O) groups is 1. The molecule has 1 amide bonds. The molecule has 5 heteroatoms. The Hall–Kier alpha value is -1.65. The van der Waals surface area contributed by atoms with Crippen LogP contribution in [0.2, 0.25) is 0 Å². The lowest BCUT2D eigenvalue weighted by Gasteiger charge is -2.37. The van der Waals surface area contributed by atoms with E-state index in [0.717, 1.165) is 51.3 Å². The average Bonchev–Trinajstić information content (AvgIpc) is 2.77. The zero-order chi connectivity index (χ0) is 16.2. The van der Waals surface area contributed by atoms with Crippen LogP contribution in [0.15, 0.2) is 18.5 Å². The van der Waals surface area contributed by atoms with Crippen molar-refractivity contribution in [3.63, 3.8) is 0 Å². The number of hydrogen-bond donors (Lipinski definition) is 0. The van der Waals surface area contributed by atoms with Gasteiger partial charge in [0.15, 0.2) is 0 Å². The van der Waals surface area contributed by atoms with Crippen LogP contribution in [0.25, 0.3) is 0 Å². The minimum Gasteiger partial charge on any atom is -0.341 e. The van der Waals surface area contributed by atoms with Crippen molar-refractivity contribution in [1.82, 2.24) is 14.9 Å². The van der Waals surface area contributed by atoms with E-state index < -0.39 is 0 Å². The highest BCUT2D eigenvalue weighted by Gasteiger charge is 2.36. The fraction of sp³-hybridized carbons (Fsp3) is 0.722. The monoisotopic (exact) mass is 316 g/mol. The standard InChI is InChI=1S/C18H28N4O/c1-14(2)22-11-4-3-6-16(17(22)23)15-7-12-21(13-8-15)18-19-9-5-10-20-18/h5,9-10,14-16H,3-4,6-8,11-13H2,1-2H3. The molecule has 2 fully saturated rings. The first-order valence-electron chi connectivity index (χ1n) is 8.99. The molecule has 0 spiro atoms. The van der Waals surface area contributed by atoms with E-state index >= 15 is 0 Å². The summed E-state index contributed by atoms with van der Waals surface area (Å²) < 4.78 is 0. The van der Waals surface area contributed by atoms with Crippen LogP contribution < -0.4 is 4.90 Å². The number of amides is 1. The normalized spacial score (nSPS) is 24.1. The van der Waals surface area contributed by atoms with Gasteiger partial charge in [0.05, 0.1) is 0 Å². The summed E-state index contributed by atoms with van der Waals surface area (Å²) in [5.41, 5.74) is 0. The molecule has 0 radical (unpaired) electrons. The molecule has 0 bridgehead atoms. The molecule has 126 valence electrons. The number of carbonyl (C=O) groups excluding carboxylic acids is 1. The van der Waals surface area contributed by atoms with Crippen molar-refractivity contribution in [3.8, 4) is 0 Å². The van der Waals surface area contributed by atoms with E-state index in [2.05, 4.69) is 33.6 Å². The number of anilines is 1. The van der Waals surface area contributed by atoms with Gasteiger partial charge >= 0.3 is 0 Å². The summed E-state index contributed by atoms with van der Waals surface area (Å²) >= 11 is 0. The molecule has 1 unspecified atom stereocenters. The molecular weight excluding hydrogens is 288 g/mol. The fourth-order valence-electron chi connectivity index (χ4n) is 4.00. The van der Waals surface area contributed by atoms with E-state index in [0.29, 0.717) is 17.9 Å². The molecule has 2 saturated heterocycles. The van der Waals surface area contributed by atoms with Crippen LogP contribution in [-0.4, -0.2) is 46.5 Å². The summed E-state index contributed by atoms with van der Waals surface area (Å²) in [5.74, 6) is 1.95. The second kappa shape index (κ2) is 7.28. The van der Waals surface area contributed by atoms with Crippen LogP contribution in [0.3, 0.4) is 0 Å². The zero-order valence-corrected chi connectivity index (χ0v) is 14.3. The van der Waals surface area contributed by atoms with Gasteiger partial charge in [-0.25, -0.2) is 9.97 Å². The number of aromatic nitrogens is 2. The number of hydrogen-bond acceptors (Lipinski definition) is 4. The molecule has 23 heavy (non-hydrogen) atoms. The van der Waals surface area contributed by atoms with Crippen molar-refractivity contribution in [2.45, 2.75) is 52.0 Å². The molecule has 3 rings (SSSR count).